The van der Waals surface area contributed by atoms with Crippen molar-refractivity contribution in [1.29, 1.82) is 0 Å². The van der Waals surface area contributed by atoms with Crippen LogP contribution in [0.5, 0.6) is 0 Å². The molecule has 0 saturated carbocycles. The monoisotopic (exact) mass is 366 g/mol. The Hall–Kier alpha value is -0.670. The van der Waals surface area contributed by atoms with Crippen LogP contribution in [0.3, 0.4) is 0 Å². The summed E-state index contributed by atoms with van der Waals surface area (Å²) in [6, 6.07) is 6.29. The van der Waals surface area contributed by atoms with Crippen molar-refractivity contribution in [3.8, 4) is 0 Å². The maximum atomic E-state index is 13.8. The first-order valence-electron chi connectivity index (χ1n) is 7.58. The number of fused-ring (bicyclic) bond motifs is 1. The minimum atomic E-state index is -0.0830. The molecule has 1 aromatic heterocycles. The fourth-order valence-corrected chi connectivity index (χ4v) is 5.05. The molecule has 1 unspecified atom stereocenters. The van der Waals surface area contributed by atoms with Crippen molar-refractivity contribution in [2.24, 2.45) is 0 Å². The van der Waals surface area contributed by atoms with Gasteiger partial charge < -0.3 is 0 Å². The van der Waals surface area contributed by atoms with E-state index in [1.165, 1.54) is 42.5 Å². The Morgan fingerprint density at radius 1 is 1.05 bits per heavy atom. The van der Waals surface area contributed by atoms with E-state index in [1.807, 2.05) is 37.3 Å². The Kier molecular flexibility index (Phi) is 4.51. The normalized spacial score (nSPS) is 16.4. The van der Waals surface area contributed by atoms with Crippen molar-refractivity contribution in [3.05, 3.63) is 56.0 Å². The van der Waals surface area contributed by atoms with E-state index in [0.717, 1.165) is 16.7 Å². The predicted octanol–water partition coefficient (Wildman–Crippen LogP) is 6.26. The molecule has 0 bridgehead atoms. The second kappa shape index (κ2) is 6.21. The molecule has 0 saturated heterocycles. The third-order valence-corrected chi connectivity index (χ3v) is 6.89. The molecule has 0 aliphatic heterocycles. The predicted molar refractivity (Wildman–Crippen MR) is 92.2 cm³/mol. The average molecular weight is 367 g/mol. The molecule has 0 fully saturated rings. The summed E-state index contributed by atoms with van der Waals surface area (Å²) in [4.78, 5) is 3.09. The van der Waals surface area contributed by atoms with Crippen LogP contribution in [-0.4, -0.2) is 0 Å². The molecule has 3 rings (SSSR count). The van der Waals surface area contributed by atoms with Gasteiger partial charge in [0, 0.05) is 9.75 Å². The van der Waals surface area contributed by atoms with Crippen molar-refractivity contribution in [2.75, 3.05) is 0 Å². The van der Waals surface area contributed by atoms with Crippen molar-refractivity contribution in [2.45, 2.75) is 50.8 Å². The number of benzene rings is 1. The van der Waals surface area contributed by atoms with Crippen LogP contribution >= 0.6 is 27.3 Å². The zero-order valence-electron chi connectivity index (χ0n) is 12.5. The van der Waals surface area contributed by atoms with Gasteiger partial charge in [0.05, 0.1) is 4.83 Å². The first-order valence-corrected chi connectivity index (χ1v) is 9.31. The van der Waals surface area contributed by atoms with Gasteiger partial charge in [-0.25, -0.2) is 4.39 Å². The summed E-state index contributed by atoms with van der Waals surface area (Å²) < 4.78 is 13.8. The fourth-order valence-electron chi connectivity index (χ4n) is 3.11. The summed E-state index contributed by atoms with van der Waals surface area (Å²) in [5.74, 6) is -0.0830. The van der Waals surface area contributed by atoms with Crippen LogP contribution in [0.4, 0.5) is 4.39 Å². The van der Waals surface area contributed by atoms with Gasteiger partial charge in [0.1, 0.15) is 5.82 Å². The van der Waals surface area contributed by atoms with E-state index in [9.17, 15) is 4.39 Å². The van der Waals surface area contributed by atoms with Crippen LogP contribution in [0.25, 0.3) is 0 Å². The molecule has 2 aromatic rings. The zero-order valence-corrected chi connectivity index (χ0v) is 14.9. The van der Waals surface area contributed by atoms with Gasteiger partial charge in [0.15, 0.2) is 0 Å². The molecule has 112 valence electrons. The molecule has 1 aromatic carbocycles. The van der Waals surface area contributed by atoms with Crippen LogP contribution in [0.1, 0.15) is 56.1 Å². The first kappa shape index (κ1) is 15.2. The van der Waals surface area contributed by atoms with Gasteiger partial charge in [0.2, 0.25) is 0 Å². The Morgan fingerprint density at radius 2 is 1.71 bits per heavy atom. The number of rotatable bonds is 2. The molecule has 3 heteroatoms. The second-order valence-corrected chi connectivity index (χ2v) is 8.07. The summed E-state index contributed by atoms with van der Waals surface area (Å²) >= 11 is 5.75. The number of hydrogen-bond donors (Lipinski definition) is 0. The third kappa shape index (κ3) is 3.09. The molecule has 1 heterocycles. The maximum Gasteiger partial charge on any atom is 0.129 e. The Labute approximate surface area is 138 Å². The standard InChI is InChI=1S/C18H20BrFS/c1-11-8-14(9-12(2)18(11)20)17(19)16-10-13-6-4-3-5-7-15(13)21-16/h8-10,17H,3-7H2,1-2H3. The highest BCUT2D eigenvalue weighted by molar-refractivity contribution is 9.09. The highest BCUT2D eigenvalue weighted by atomic mass is 79.9. The van der Waals surface area contributed by atoms with Gasteiger partial charge >= 0.3 is 0 Å². The topological polar surface area (TPSA) is 0 Å². The van der Waals surface area contributed by atoms with Gasteiger partial charge in [-0.1, -0.05) is 34.5 Å². The fraction of sp³-hybridized carbons (Fsp3) is 0.444. The number of halogens is 2. The smallest absolute Gasteiger partial charge is 0.129 e. The number of thiophene rings is 1. The third-order valence-electron chi connectivity index (χ3n) is 4.27. The lowest BCUT2D eigenvalue weighted by molar-refractivity contribution is 0.608. The summed E-state index contributed by atoms with van der Waals surface area (Å²) in [6.07, 6.45) is 6.42. The van der Waals surface area contributed by atoms with Gasteiger partial charge in [-0.3, -0.25) is 0 Å². The van der Waals surface area contributed by atoms with Crippen molar-refractivity contribution in [1.82, 2.24) is 0 Å². The molecule has 1 aliphatic carbocycles. The van der Waals surface area contributed by atoms with Gasteiger partial charge in [-0.2, -0.15) is 0 Å². The summed E-state index contributed by atoms with van der Waals surface area (Å²) in [5.41, 5.74) is 4.15. The number of alkyl halides is 1. The zero-order chi connectivity index (χ0) is 15.0. The SMILES string of the molecule is Cc1cc(C(Br)c2cc3c(s2)CCCCC3)cc(C)c1F. The molecule has 0 N–H and O–H groups in total. The van der Waals surface area contributed by atoms with Gasteiger partial charge in [-0.05, 0) is 67.9 Å². The van der Waals surface area contributed by atoms with Crippen molar-refractivity contribution < 1.29 is 4.39 Å². The van der Waals surface area contributed by atoms with Crippen LogP contribution in [0.15, 0.2) is 18.2 Å². The van der Waals surface area contributed by atoms with E-state index in [0.29, 0.717) is 0 Å². The Bertz CT molecular complexity index is 613. The highest BCUT2D eigenvalue weighted by Crippen LogP contribution is 2.39. The number of aryl methyl sites for hydroxylation is 4. The Balaban J connectivity index is 1.93. The van der Waals surface area contributed by atoms with Gasteiger partial charge in [0.25, 0.3) is 0 Å². The van der Waals surface area contributed by atoms with E-state index in [1.54, 1.807) is 4.88 Å². The molecule has 1 aliphatic rings. The average Bonchev–Trinajstić information content (AvgIpc) is 2.74. The molecule has 0 radical (unpaired) electrons. The van der Waals surface area contributed by atoms with Crippen LogP contribution in [0.2, 0.25) is 0 Å². The molecule has 1 atom stereocenters. The summed E-state index contributed by atoms with van der Waals surface area (Å²) in [6.45, 7) is 3.68. The van der Waals surface area contributed by atoms with Crippen LogP contribution in [-0.2, 0) is 12.8 Å². The van der Waals surface area contributed by atoms with Crippen molar-refractivity contribution in [3.63, 3.8) is 0 Å². The largest absolute Gasteiger partial charge is 0.206 e. The maximum absolute atomic E-state index is 13.8. The molecule has 0 amide bonds. The molecule has 0 spiro atoms. The molecule has 0 nitrogen and oxygen atoms in total. The Morgan fingerprint density at radius 3 is 2.43 bits per heavy atom. The molecule has 21 heavy (non-hydrogen) atoms. The van der Waals surface area contributed by atoms with Gasteiger partial charge in [-0.15, -0.1) is 11.3 Å². The minimum Gasteiger partial charge on any atom is -0.206 e. The lowest BCUT2D eigenvalue weighted by Crippen LogP contribution is -1.96. The quantitative estimate of drug-likeness (QED) is 0.434. The first-order chi connectivity index (χ1) is 10.1. The lowest BCUT2D eigenvalue weighted by Gasteiger charge is -2.11. The minimum absolute atomic E-state index is 0.0830. The second-order valence-electron chi connectivity index (χ2n) is 5.99. The molecular weight excluding hydrogens is 347 g/mol. The van der Waals surface area contributed by atoms with E-state index in [2.05, 4.69) is 22.0 Å². The summed E-state index contributed by atoms with van der Waals surface area (Å²) in [5, 5.41) is 0. The lowest BCUT2D eigenvalue weighted by atomic mass is 10.0. The van der Waals surface area contributed by atoms with Crippen LogP contribution < -0.4 is 0 Å². The van der Waals surface area contributed by atoms with Crippen molar-refractivity contribution >= 4 is 27.3 Å². The van der Waals surface area contributed by atoms with E-state index < -0.39 is 0 Å². The number of hydrogen-bond acceptors (Lipinski definition) is 1. The molecular formula is C18H20BrFS. The van der Waals surface area contributed by atoms with E-state index >= 15 is 0 Å². The van der Waals surface area contributed by atoms with Crippen LogP contribution in [0, 0.1) is 19.7 Å². The highest BCUT2D eigenvalue weighted by Gasteiger charge is 2.19. The van der Waals surface area contributed by atoms with E-state index in [4.69, 9.17) is 0 Å². The summed E-state index contributed by atoms with van der Waals surface area (Å²) in [7, 11) is 0. The van der Waals surface area contributed by atoms with E-state index in [-0.39, 0.29) is 10.6 Å².